The number of aromatic nitrogens is 3. The predicted molar refractivity (Wildman–Crippen MR) is 121 cm³/mol. The van der Waals surface area contributed by atoms with Crippen LogP contribution in [-0.4, -0.2) is 32.1 Å². The summed E-state index contributed by atoms with van der Waals surface area (Å²) >= 11 is 5.03. The predicted octanol–water partition coefficient (Wildman–Crippen LogP) is 5.54. The van der Waals surface area contributed by atoms with E-state index in [0.29, 0.717) is 22.5 Å². The molecule has 1 atom stereocenters. The fourth-order valence-corrected chi connectivity index (χ4v) is 4.08. The second kappa shape index (κ2) is 9.48. The van der Waals surface area contributed by atoms with Gasteiger partial charge in [-0.2, -0.15) is 4.98 Å². The molecule has 0 fully saturated rings. The number of unbranched alkanes of at least 4 members (excludes halogenated alkanes) is 1. The molecular formula is C20H18BrN5O4S. The molecule has 2 aromatic heterocycles. The Bertz CT molecular complexity index is 1140. The van der Waals surface area contributed by atoms with Crippen molar-refractivity contribution in [3.8, 4) is 17.1 Å². The third-order valence-corrected chi connectivity index (χ3v) is 5.78. The molecule has 1 aromatic carbocycles. The Hall–Kier alpha value is -2.92. The van der Waals surface area contributed by atoms with Crippen LogP contribution < -0.4 is 10.1 Å². The van der Waals surface area contributed by atoms with Crippen LogP contribution in [0.15, 0.2) is 50.5 Å². The molecule has 1 N–H and O–H groups in total. The van der Waals surface area contributed by atoms with Crippen molar-refractivity contribution in [2.24, 2.45) is 0 Å². The molecule has 0 bridgehead atoms. The second-order valence-corrected chi connectivity index (χ2v) is 8.59. The van der Waals surface area contributed by atoms with Crippen molar-refractivity contribution in [1.29, 1.82) is 0 Å². The highest BCUT2D eigenvalue weighted by Crippen LogP contribution is 2.38. The zero-order chi connectivity index (χ0) is 21.8. The summed E-state index contributed by atoms with van der Waals surface area (Å²) < 4.78 is 12.2. The van der Waals surface area contributed by atoms with Gasteiger partial charge in [0.1, 0.15) is 10.7 Å². The number of fused-ring (bicyclic) bond motifs is 3. The zero-order valence-corrected chi connectivity index (χ0v) is 18.9. The Morgan fingerprint density at radius 3 is 2.97 bits per heavy atom. The first-order valence-corrected chi connectivity index (χ1v) is 11.3. The van der Waals surface area contributed by atoms with E-state index in [9.17, 15) is 10.1 Å². The first-order chi connectivity index (χ1) is 15.0. The van der Waals surface area contributed by atoms with Gasteiger partial charge in [-0.05, 0) is 42.8 Å². The van der Waals surface area contributed by atoms with Gasteiger partial charge in [0.25, 0.3) is 0 Å². The summed E-state index contributed by atoms with van der Waals surface area (Å²) in [7, 11) is 0. The van der Waals surface area contributed by atoms with Gasteiger partial charge in [0.15, 0.2) is 11.9 Å². The third kappa shape index (κ3) is 5.05. The smallest absolute Gasteiger partial charge is 0.433 e. The Balaban J connectivity index is 1.65. The number of hydrogen-bond acceptors (Lipinski definition) is 9. The monoisotopic (exact) mass is 503 g/mol. The lowest BCUT2D eigenvalue weighted by Gasteiger charge is -2.15. The number of hydrogen-bond donors (Lipinski definition) is 1. The molecule has 3 heterocycles. The minimum Gasteiger partial charge on any atom is -0.448 e. The van der Waals surface area contributed by atoms with E-state index in [1.807, 2.05) is 18.2 Å². The van der Waals surface area contributed by atoms with Crippen LogP contribution in [0.2, 0.25) is 0 Å². The number of rotatable bonds is 7. The fourth-order valence-electron chi connectivity index (χ4n) is 2.86. The Labute approximate surface area is 190 Å². The molecule has 11 heteroatoms. The molecule has 160 valence electrons. The topological polar surface area (TPSA) is 116 Å². The molecule has 0 radical (unpaired) electrons. The van der Waals surface area contributed by atoms with E-state index < -0.39 is 11.2 Å². The van der Waals surface area contributed by atoms with Crippen LogP contribution in [-0.2, 0) is 0 Å². The lowest BCUT2D eigenvalue weighted by molar-refractivity contribution is -0.402. The Morgan fingerprint density at radius 2 is 2.19 bits per heavy atom. The summed E-state index contributed by atoms with van der Waals surface area (Å²) in [6.45, 7) is 2.13. The molecule has 0 amide bonds. The molecule has 0 saturated carbocycles. The summed E-state index contributed by atoms with van der Waals surface area (Å²) in [6, 6.07) is 8.56. The third-order valence-electron chi connectivity index (χ3n) is 4.37. The summed E-state index contributed by atoms with van der Waals surface area (Å²) in [5, 5.41) is 23.3. The first-order valence-electron chi connectivity index (χ1n) is 9.56. The number of thioether (sulfide) groups is 1. The number of nitrogens with one attached hydrogen (secondary N) is 1. The molecule has 31 heavy (non-hydrogen) atoms. The number of nitrogens with zero attached hydrogens (tertiary/aromatic N) is 4. The van der Waals surface area contributed by atoms with E-state index in [4.69, 9.17) is 9.15 Å². The quantitative estimate of drug-likeness (QED) is 0.192. The van der Waals surface area contributed by atoms with Gasteiger partial charge in [-0.15, -0.1) is 10.2 Å². The van der Waals surface area contributed by atoms with Crippen molar-refractivity contribution in [3.05, 3.63) is 56.8 Å². The van der Waals surface area contributed by atoms with Crippen molar-refractivity contribution in [2.45, 2.75) is 31.1 Å². The maximum Gasteiger partial charge on any atom is 0.433 e. The van der Waals surface area contributed by atoms with Gasteiger partial charge in [-0.1, -0.05) is 41.0 Å². The highest BCUT2D eigenvalue weighted by molar-refractivity contribution is 9.10. The number of ether oxygens (including phenoxy) is 1. The molecule has 0 unspecified atom stereocenters. The summed E-state index contributed by atoms with van der Waals surface area (Å²) in [5.74, 6) is 1.28. The standard InChI is InChI=1S/C20H18BrN5O4S/c1-2-3-10-31-20-23-19-18(24-25-20)14-11-12(21)4-7-15(14)22-16(30-19)8-5-13-6-9-17(29-13)26(27)28/h4-9,11,16,22H,2-3,10H2,1H3/b8-5+/t16-/m0/s1. The highest BCUT2D eigenvalue weighted by Gasteiger charge is 2.24. The number of halogens is 1. The van der Waals surface area contributed by atoms with Crippen LogP contribution in [0.1, 0.15) is 25.5 Å². The Morgan fingerprint density at radius 1 is 1.32 bits per heavy atom. The molecule has 9 nitrogen and oxygen atoms in total. The molecular weight excluding hydrogens is 486 g/mol. The average molecular weight is 504 g/mol. The number of benzene rings is 1. The van der Waals surface area contributed by atoms with Crippen LogP contribution in [0, 0.1) is 10.1 Å². The highest BCUT2D eigenvalue weighted by atomic mass is 79.9. The van der Waals surface area contributed by atoms with Crippen LogP contribution >= 0.6 is 27.7 Å². The van der Waals surface area contributed by atoms with Gasteiger partial charge in [-0.25, -0.2) is 0 Å². The maximum atomic E-state index is 10.8. The van der Waals surface area contributed by atoms with Crippen molar-refractivity contribution >= 4 is 45.3 Å². The summed E-state index contributed by atoms with van der Waals surface area (Å²) in [5.41, 5.74) is 2.14. The lowest BCUT2D eigenvalue weighted by atomic mass is 10.1. The van der Waals surface area contributed by atoms with Gasteiger partial charge < -0.3 is 14.5 Å². The Kier molecular flexibility index (Phi) is 6.52. The van der Waals surface area contributed by atoms with Crippen LogP contribution in [0.5, 0.6) is 5.88 Å². The molecule has 3 aromatic rings. The van der Waals surface area contributed by atoms with Crippen molar-refractivity contribution in [1.82, 2.24) is 15.2 Å². The van der Waals surface area contributed by atoms with E-state index in [0.717, 1.165) is 34.3 Å². The molecule has 4 rings (SSSR count). The maximum absolute atomic E-state index is 10.8. The van der Waals surface area contributed by atoms with Crippen LogP contribution in [0.25, 0.3) is 17.3 Å². The lowest BCUT2D eigenvalue weighted by Crippen LogP contribution is -2.23. The minimum absolute atomic E-state index is 0.319. The van der Waals surface area contributed by atoms with Crippen LogP contribution in [0.4, 0.5) is 11.6 Å². The molecule has 0 aliphatic carbocycles. The number of anilines is 1. The van der Waals surface area contributed by atoms with E-state index in [2.05, 4.69) is 43.4 Å². The molecule has 1 aliphatic rings. The largest absolute Gasteiger partial charge is 0.448 e. The average Bonchev–Trinajstić information content (AvgIpc) is 3.17. The van der Waals surface area contributed by atoms with E-state index in [-0.39, 0.29) is 5.88 Å². The van der Waals surface area contributed by atoms with Crippen molar-refractivity contribution < 1.29 is 14.1 Å². The van der Waals surface area contributed by atoms with Gasteiger partial charge in [0, 0.05) is 21.5 Å². The minimum atomic E-state index is -0.601. The first kappa shape index (κ1) is 21.3. The van der Waals surface area contributed by atoms with Crippen LogP contribution in [0.3, 0.4) is 0 Å². The zero-order valence-electron chi connectivity index (χ0n) is 16.4. The van der Waals surface area contributed by atoms with E-state index in [1.165, 1.54) is 23.9 Å². The van der Waals surface area contributed by atoms with Gasteiger partial charge in [0.2, 0.25) is 11.0 Å². The van der Waals surface area contributed by atoms with Gasteiger partial charge in [-0.3, -0.25) is 10.1 Å². The van der Waals surface area contributed by atoms with Gasteiger partial charge >= 0.3 is 5.88 Å². The second-order valence-electron chi connectivity index (χ2n) is 6.62. The molecule has 1 aliphatic heterocycles. The molecule has 0 saturated heterocycles. The van der Waals surface area contributed by atoms with E-state index in [1.54, 1.807) is 12.2 Å². The van der Waals surface area contributed by atoms with Crippen molar-refractivity contribution in [3.63, 3.8) is 0 Å². The van der Waals surface area contributed by atoms with Crippen molar-refractivity contribution in [2.75, 3.05) is 11.1 Å². The van der Waals surface area contributed by atoms with Gasteiger partial charge in [0.05, 0.1) is 6.07 Å². The van der Waals surface area contributed by atoms with E-state index >= 15 is 0 Å². The SMILES string of the molecule is CCCCSc1nnc2c(n1)O[C@@H](/C=C/c1ccc([N+](=O)[O-])o1)Nc1ccc(Br)cc1-2. The normalized spacial score (nSPS) is 15.0. The number of furan rings is 1. The fraction of sp³-hybridized carbons (Fsp3) is 0.250. The molecule has 0 spiro atoms. The number of nitro groups is 1. The summed E-state index contributed by atoms with van der Waals surface area (Å²) in [6.07, 6.45) is 4.86. The summed E-state index contributed by atoms with van der Waals surface area (Å²) in [4.78, 5) is 14.8.